The summed E-state index contributed by atoms with van der Waals surface area (Å²) in [6, 6.07) is 0.873. The van der Waals surface area contributed by atoms with Crippen molar-refractivity contribution in [1.82, 2.24) is 9.80 Å². The molecule has 81 valence electrons. The minimum atomic E-state index is -0.885. The van der Waals surface area contributed by atoms with Crippen LogP contribution in [0.5, 0.6) is 0 Å². The van der Waals surface area contributed by atoms with Gasteiger partial charge in [-0.25, -0.2) is 10.4 Å². The maximum Gasteiger partial charge on any atom is 1.00 e. The molecule has 0 N–H and O–H groups in total. The molecule has 0 aromatic rings. The number of piperazine rings is 1. The molecule has 1 radical (unpaired) electrons. The van der Waals surface area contributed by atoms with Crippen molar-refractivity contribution in [2.24, 2.45) is 0 Å². The van der Waals surface area contributed by atoms with Crippen LogP contribution in [0.3, 0.4) is 0 Å². The molecule has 1 heterocycles. The maximum absolute atomic E-state index is 12.5. The minimum Gasteiger partial charge on any atom is -0.482 e. The van der Waals surface area contributed by atoms with Crippen LogP contribution in [-0.4, -0.2) is 42.4 Å². The van der Waals surface area contributed by atoms with Crippen molar-refractivity contribution in [3.63, 3.8) is 0 Å². The van der Waals surface area contributed by atoms with Crippen molar-refractivity contribution < 1.29 is 28.7 Å². The number of carbonyl (C=O) groups is 1. The smallest absolute Gasteiger partial charge is 0.482 e. The molecule has 0 atom stereocenters. The van der Waals surface area contributed by atoms with Crippen LogP contribution in [0.15, 0.2) is 12.4 Å². The zero-order chi connectivity index (χ0) is 10.0. The summed E-state index contributed by atoms with van der Waals surface area (Å²) in [5.74, 6) is -1.49. The number of rotatable bonds is 1. The van der Waals surface area contributed by atoms with E-state index in [1.165, 1.54) is 4.90 Å². The fourth-order valence-corrected chi connectivity index (χ4v) is 1.44. The second kappa shape index (κ2) is 5.57. The van der Waals surface area contributed by atoms with Gasteiger partial charge in [-0.3, -0.25) is 4.79 Å². The van der Waals surface area contributed by atoms with E-state index in [1.807, 2.05) is 14.0 Å². The molecule has 1 aliphatic heterocycles. The van der Waals surface area contributed by atoms with E-state index in [2.05, 4.69) is 11.5 Å². The van der Waals surface area contributed by atoms with Crippen molar-refractivity contribution in [2.45, 2.75) is 6.92 Å². The van der Waals surface area contributed by atoms with Crippen molar-refractivity contribution in [3.8, 4) is 0 Å². The van der Waals surface area contributed by atoms with Crippen LogP contribution in [0.25, 0.3) is 0 Å². The minimum absolute atomic E-state index is 0. The van der Waals surface area contributed by atoms with Gasteiger partial charge in [0.2, 0.25) is 0 Å². The van der Waals surface area contributed by atoms with E-state index in [0.717, 1.165) is 12.6 Å². The molecular weight excluding hydrogens is 272 g/mol. The molecule has 0 spiro atoms. The third-order valence-corrected chi connectivity index (χ3v) is 2.14. The predicted octanol–water partition coefficient (Wildman–Crippen LogP) is 0.793. The summed E-state index contributed by atoms with van der Waals surface area (Å²) in [5, 5.41) is 0. The van der Waals surface area contributed by atoms with Crippen molar-refractivity contribution in [3.05, 3.63) is 18.4 Å². The molecule has 0 aromatic heterocycles. The SMILES string of the molecule is C=C(F)C(=O)N1CCN(C)C[C-]1C.[Ru+]. The Morgan fingerprint density at radius 3 is 2.50 bits per heavy atom. The first-order chi connectivity index (χ1) is 6.02. The molecule has 0 aliphatic carbocycles. The van der Waals surface area contributed by atoms with Gasteiger partial charge in [0.15, 0.2) is 5.83 Å². The van der Waals surface area contributed by atoms with Crippen LogP contribution in [0, 0.1) is 6.04 Å². The number of amides is 1. The van der Waals surface area contributed by atoms with Gasteiger partial charge >= 0.3 is 19.5 Å². The van der Waals surface area contributed by atoms with Gasteiger partial charge in [-0.2, -0.15) is 6.92 Å². The van der Waals surface area contributed by atoms with Crippen LogP contribution in [0.1, 0.15) is 6.92 Å². The summed E-state index contributed by atoms with van der Waals surface area (Å²) < 4.78 is 12.5. The Labute approximate surface area is 96.7 Å². The molecular formula is C9H14FN2ORu. The van der Waals surface area contributed by atoms with Crippen molar-refractivity contribution in [1.29, 1.82) is 0 Å². The Kier molecular flexibility index (Phi) is 5.46. The molecule has 5 heteroatoms. The zero-order valence-electron chi connectivity index (χ0n) is 8.36. The summed E-state index contributed by atoms with van der Waals surface area (Å²) >= 11 is 0. The molecule has 1 amide bonds. The first-order valence-corrected chi connectivity index (χ1v) is 4.19. The average Bonchev–Trinajstić information content (AvgIpc) is 2.03. The number of halogens is 1. The Balaban J connectivity index is 0.00000169. The molecule has 1 saturated heterocycles. The van der Waals surface area contributed by atoms with Gasteiger partial charge in [0.05, 0.1) is 0 Å². The summed E-state index contributed by atoms with van der Waals surface area (Å²) in [4.78, 5) is 14.8. The van der Waals surface area contributed by atoms with Crippen molar-refractivity contribution >= 4 is 5.91 Å². The van der Waals surface area contributed by atoms with E-state index in [9.17, 15) is 9.18 Å². The molecule has 0 aromatic carbocycles. The van der Waals surface area contributed by atoms with Crippen LogP contribution in [-0.2, 0) is 24.3 Å². The quantitative estimate of drug-likeness (QED) is 0.404. The van der Waals surface area contributed by atoms with Gasteiger partial charge in [-0.05, 0) is 7.05 Å². The van der Waals surface area contributed by atoms with Crippen LogP contribution >= 0.6 is 0 Å². The number of nitrogens with zero attached hydrogens (tertiary/aromatic N) is 2. The van der Waals surface area contributed by atoms with Crippen LogP contribution in [0.4, 0.5) is 4.39 Å². The van der Waals surface area contributed by atoms with E-state index >= 15 is 0 Å². The maximum atomic E-state index is 12.5. The van der Waals surface area contributed by atoms with Crippen molar-refractivity contribution in [2.75, 3.05) is 26.7 Å². The Hall–Kier alpha value is -0.277. The molecule has 0 bridgehead atoms. The first-order valence-electron chi connectivity index (χ1n) is 4.19. The fourth-order valence-electron chi connectivity index (χ4n) is 1.44. The summed E-state index contributed by atoms with van der Waals surface area (Å²) in [7, 11) is 1.97. The van der Waals surface area contributed by atoms with Crippen LogP contribution in [0.2, 0.25) is 0 Å². The number of hydrogen-bond acceptors (Lipinski definition) is 2. The van der Waals surface area contributed by atoms with Gasteiger partial charge in [-0.15, -0.1) is 6.54 Å². The molecule has 3 nitrogen and oxygen atoms in total. The van der Waals surface area contributed by atoms with Crippen LogP contribution < -0.4 is 0 Å². The van der Waals surface area contributed by atoms with Gasteiger partial charge < -0.3 is 9.80 Å². The summed E-state index contributed by atoms with van der Waals surface area (Å²) in [5.41, 5.74) is 0. The fraction of sp³-hybridized carbons (Fsp3) is 0.556. The van der Waals surface area contributed by atoms with E-state index in [-0.39, 0.29) is 19.5 Å². The first kappa shape index (κ1) is 13.7. The van der Waals surface area contributed by atoms with E-state index in [1.54, 1.807) is 0 Å². The molecule has 1 aliphatic rings. The monoisotopic (exact) mass is 287 g/mol. The summed E-state index contributed by atoms with van der Waals surface area (Å²) in [6.07, 6.45) is 0. The second-order valence-corrected chi connectivity index (χ2v) is 3.33. The Morgan fingerprint density at radius 2 is 2.07 bits per heavy atom. The van der Waals surface area contributed by atoms with E-state index in [4.69, 9.17) is 0 Å². The number of hydrogen-bond donors (Lipinski definition) is 0. The predicted molar refractivity (Wildman–Crippen MR) is 48.4 cm³/mol. The van der Waals surface area contributed by atoms with E-state index in [0.29, 0.717) is 13.1 Å². The molecule has 1 fully saturated rings. The average molecular weight is 286 g/mol. The standard InChI is InChI=1S/C9H14FN2O.Ru/c1-7-6-11(3)4-5-12(7)9(13)8(2)10;/h2,4-6H2,1,3H3;/q-1;+1. The topological polar surface area (TPSA) is 23.6 Å². The van der Waals surface area contributed by atoms with Gasteiger partial charge in [0.1, 0.15) is 0 Å². The van der Waals surface area contributed by atoms with Gasteiger partial charge in [-0.1, -0.05) is 6.58 Å². The van der Waals surface area contributed by atoms with Gasteiger partial charge in [0, 0.05) is 13.1 Å². The molecule has 1 rings (SSSR count). The largest absolute Gasteiger partial charge is 1.00 e. The Bertz CT molecular complexity index is 235. The number of likely N-dealkylation sites (N-methyl/N-ethyl adjacent to an activating group) is 1. The third kappa shape index (κ3) is 3.14. The molecule has 0 unspecified atom stereocenters. The zero-order valence-corrected chi connectivity index (χ0v) is 10.1. The van der Waals surface area contributed by atoms with E-state index < -0.39 is 11.7 Å². The Morgan fingerprint density at radius 1 is 1.50 bits per heavy atom. The third-order valence-electron chi connectivity index (χ3n) is 2.14. The molecule has 14 heavy (non-hydrogen) atoms. The second-order valence-electron chi connectivity index (χ2n) is 3.33. The summed E-state index contributed by atoms with van der Waals surface area (Å²) in [6.45, 7) is 6.86. The number of carbonyl (C=O) groups excluding carboxylic acids is 1. The normalized spacial score (nSPS) is 18.9. The molecule has 0 saturated carbocycles. The van der Waals surface area contributed by atoms with Gasteiger partial charge in [0.25, 0.3) is 5.91 Å².